The Morgan fingerprint density at radius 3 is 2.45 bits per heavy atom. The maximum absolute atomic E-state index is 3.57. The van der Waals surface area contributed by atoms with Crippen molar-refractivity contribution in [2.45, 2.75) is 64.2 Å². The predicted octanol–water partition coefficient (Wildman–Crippen LogP) is 3.84. The minimum absolute atomic E-state index is 0. The van der Waals surface area contributed by atoms with Crippen LogP contribution in [0.1, 0.15) is 64.2 Å². The van der Waals surface area contributed by atoms with Gasteiger partial charge in [0.25, 0.3) is 0 Å². The number of halogens is 1. The average molecular weight is 301 g/mol. The van der Waals surface area contributed by atoms with Crippen molar-refractivity contribution in [2.24, 2.45) is 11.3 Å². The lowest BCUT2D eigenvalue weighted by Crippen LogP contribution is -2.39. The van der Waals surface area contributed by atoms with Crippen molar-refractivity contribution >= 4 is 12.4 Å². The van der Waals surface area contributed by atoms with Crippen LogP contribution in [0.2, 0.25) is 0 Å². The molecule has 1 atom stereocenters. The van der Waals surface area contributed by atoms with Gasteiger partial charge in [0, 0.05) is 6.54 Å². The zero-order valence-corrected chi connectivity index (χ0v) is 13.9. The molecule has 3 aliphatic rings. The van der Waals surface area contributed by atoms with Crippen LogP contribution in [0, 0.1) is 11.3 Å². The normalized spacial score (nSPS) is 31.5. The summed E-state index contributed by atoms with van der Waals surface area (Å²) in [5.41, 5.74) is 0.762. The predicted molar refractivity (Wildman–Crippen MR) is 88.7 cm³/mol. The molecule has 3 rings (SSSR count). The van der Waals surface area contributed by atoms with Crippen LogP contribution in [0.3, 0.4) is 0 Å². The molecule has 0 aromatic heterocycles. The van der Waals surface area contributed by atoms with Gasteiger partial charge < -0.3 is 10.2 Å². The first-order valence-corrected chi connectivity index (χ1v) is 8.79. The lowest BCUT2D eigenvalue weighted by Gasteiger charge is -2.37. The summed E-state index contributed by atoms with van der Waals surface area (Å²) in [5, 5.41) is 3.57. The number of hydrogen-bond acceptors (Lipinski definition) is 2. The third-order valence-corrected chi connectivity index (χ3v) is 5.97. The second kappa shape index (κ2) is 8.00. The largest absolute Gasteiger partial charge is 0.316 e. The molecule has 0 radical (unpaired) electrons. The van der Waals surface area contributed by atoms with E-state index in [1.165, 1.54) is 96.9 Å². The molecule has 1 spiro atoms. The van der Waals surface area contributed by atoms with Crippen molar-refractivity contribution in [2.75, 3.05) is 32.7 Å². The first-order valence-electron chi connectivity index (χ1n) is 8.79. The Morgan fingerprint density at radius 2 is 1.70 bits per heavy atom. The van der Waals surface area contributed by atoms with Crippen LogP contribution in [0.5, 0.6) is 0 Å². The highest BCUT2D eigenvalue weighted by Crippen LogP contribution is 2.44. The molecule has 2 heterocycles. The van der Waals surface area contributed by atoms with Gasteiger partial charge in [-0.1, -0.05) is 19.3 Å². The Bertz CT molecular complexity index is 270. The van der Waals surface area contributed by atoms with Gasteiger partial charge in [0.1, 0.15) is 0 Å². The van der Waals surface area contributed by atoms with Crippen molar-refractivity contribution in [3.05, 3.63) is 0 Å². The van der Waals surface area contributed by atoms with Crippen molar-refractivity contribution in [3.63, 3.8) is 0 Å². The van der Waals surface area contributed by atoms with E-state index in [1.807, 2.05) is 0 Å². The van der Waals surface area contributed by atoms with E-state index in [4.69, 9.17) is 0 Å². The van der Waals surface area contributed by atoms with Crippen LogP contribution < -0.4 is 5.32 Å². The maximum Gasteiger partial charge on any atom is 0.00218 e. The van der Waals surface area contributed by atoms with E-state index in [0.29, 0.717) is 0 Å². The number of piperidine rings is 1. The fraction of sp³-hybridized carbons (Fsp3) is 1.00. The van der Waals surface area contributed by atoms with Gasteiger partial charge in [-0.05, 0) is 82.5 Å². The fourth-order valence-electron chi connectivity index (χ4n) is 4.74. The highest BCUT2D eigenvalue weighted by molar-refractivity contribution is 5.85. The molecule has 0 amide bonds. The molecule has 1 N–H and O–H groups in total. The van der Waals surface area contributed by atoms with Crippen LogP contribution in [0.4, 0.5) is 0 Å². The molecule has 3 fully saturated rings. The molecular weight excluding hydrogens is 268 g/mol. The standard InChI is InChI=1S/C17H32N2.ClH/c1-2-7-17(8-3-1)9-5-12-19(13-10-17)15-16-6-4-11-18-14-16;/h16,18H,1-15H2;1H. The zero-order valence-electron chi connectivity index (χ0n) is 13.0. The SMILES string of the molecule is C1CCC2(CC1)CCCN(CC1CCCNC1)CC2.Cl. The van der Waals surface area contributed by atoms with Crippen LogP contribution in [0.25, 0.3) is 0 Å². The monoisotopic (exact) mass is 300 g/mol. The third kappa shape index (κ3) is 4.35. The van der Waals surface area contributed by atoms with Gasteiger partial charge in [-0.15, -0.1) is 12.4 Å². The number of nitrogens with zero attached hydrogens (tertiary/aromatic N) is 1. The molecule has 20 heavy (non-hydrogen) atoms. The quantitative estimate of drug-likeness (QED) is 0.833. The summed E-state index contributed by atoms with van der Waals surface area (Å²) in [7, 11) is 0. The van der Waals surface area contributed by atoms with Crippen LogP contribution >= 0.6 is 12.4 Å². The maximum atomic E-state index is 3.57. The molecule has 0 bridgehead atoms. The van der Waals surface area contributed by atoms with Gasteiger partial charge in [0.2, 0.25) is 0 Å². The van der Waals surface area contributed by atoms with Crippen molar-refractivity contribution < 1.29 is 0 Å². The molecular formula is C17H33ClN2. The molecule has 1 saturated carbocycles. The Labute approximate surface area is 131 Å². The molecule has 2 saturated heterocycles. The summed E-state index contributed by atoms with van der Waals surface area (Å²) in [5.74, 6) is 0.925. The van der Waals surface area contributed by atoms with Gasteiger partial charge in [-0.2, -0.15) is 0 Å². The number of hydrogen-bond donors (Lipinski definition) is 1. The summed E-state index contributed by atoms with van der Waals surface area (Å²) >= 11 is 0. The second-order valence-electron chi connectivity index (χ2n) is 7.43. The summed E-state index contributed by atoms with van der Waals surface area (Å²) in [6.07, 6.45) is 14.9. The van der Waals surface area contributed by atoms with Gasteiger partial charge in [-0.25, -0.2) is 0 Å². The molecule has 0 aromatic carbocycles. The summed E-state index contributed by atoms with van der Waals surface area (Å²) in [6, 6.07) is 0. The molecule has 2 nitrogen and oxygen atoms in total. The highest BCUT2D eigenvalue weighted by Gasteiger charge is 2.34. The third-order valence-electron chi connectivity index (χ3n) is 5.97. The Hall–Kier alpha value is 0.210. The van der Waals surface area contributed by atoms with E-state index in [2.05, 4.69) is 10.2 Å². The Morgan fingerprint density at radius 1 is 0.900 bits per heavy atom. The van der Waals surface area contributed by atoms with Gasteiger partial charge in [0.05, 0.1) is 0 Å². The van der Waals surface area contributed by atoms with E-state index >= 15 is 0 Å². The first-order chi connectivity index (χ1) is 9.36. The topological polar surface area (TPSA) is 15.3 Å². The number of nitrogens with one attached hydrogen (secondary N) is 1. The van der Waals surface area contributed by atoms with Gasteiger partial charge >= 0.3 is 0 Å². The van der Waals surface area contributed by atoms with Crippen LogP contribution in [0.15, 0.2) is 0 Å². The van der Waals surface area contributed by atoms with Gasteiger partial charge in [-0.3, -0.25) is 0 Å². The smallest absolute Gasteiger partial charge is 0.00218 e. The van der Waals surface area contributed by atoms with Crippen molar-refractivity contribution in [3.8, 4) is 0 Å². The zero-order chi connectivity index (χ0) is 13.0. The van der Waals surface area contributed by atoms with E-state index in [0.717, 1.165) is 11.3 Å². The minimum atomic E-state index is 0. The molecule has 3 heteroatoms. The lowest BCUT2D eigenvalue weighted by molar-refractivity contribution is 0.152. The Kier molecular flexibility index (Phi) is 6.64. The molecule has 0 aromatic rings. The highest BCUT2D eigenvalue weighted by atomic mass is 35.5. The van der Waals surface area contributed by atoms with Crippen LogP contribution in [-0.4, -0.2) is 37.6 Å². The fourth-order valence-corrected chi connectivity index (χ4v) is 4.74. The second-order valence-corrected chi connectivity index (χ2v) is 7.43. The molecule has 2 aliphatic heterocycles. The minimum Gasteiger partial charge on any atom is -0.316 e. The number of likely N-dealkylation sites (tertiary alicyclic amines) is 1. The summed E-state index contributed by atoms with van der Waals surface area (Å²) < 4.78 is 0. The van der Waals surface area contributed by atoms with E-state index in [1.54, 1.807) is 0 Å². The van der Waals surface area contributed by atoms with Crippen molar-refractivity contribution in [1.29, 1.82) is 0 Å². The lowest BCUT2D eigenvalue weighted by atomic mass is 9.69. The summed E-state index contributed by atoms with van der Waals surface area (Å²) in [6.45, 7) is 6.64. The van der Waals surface area contributed by atoms with E-state index in [-0.39, 0.29) is 12.4 Å². The molecule has 1 unspecified atom stereocenters. The van der Waals surface area contributed by atoms with Gasteiger partial charge in [0.15, 0.2) is 0 Å². The van der Waals surface area contributed by atoms with Crippen LogP contribution in [-0.2, 0) is 0 Å². The van der Waals surface area contributed by atoms with Crippen molar-refractivity contribution in [1.82, 2.24) is 10.2 Å². The van der Waals surface area contributed by atoms with E-state index in [9.17, 15) is 0 Å². The first kappa shape index (κ1) is 16.6. The van der Waals surface area contributed by atoms with E-state index < -0.39 is 0 Å². The molecule has 1 aliphatic carbocycles. The average Bonchev–Trinajstić information content (AvgIpc) is 2.64. The number of rotatable bonds is 2. The Balaban J connectivity index is 0.00000147. The summed E-state index contributed by atoms with van der Waals surface area (Å²) in [4.78, 5) is 2.79. The molecule has 118 valence electrons.